The number of aromatic nitrogens is 2. The molecular weight excluding hydrogens is 187 g/mol. The molecule has 0 radical (unpaired) electrons. The maximum Gasteiger partial charge on any atom is 1.00 e. The summed E-state index contributed by atoms with van der Waals surface area (Å²) in [6.45, 7) is 0. The summed E-state index contributed by atoms with van der Waals surface area (Å²) in [5.74, 6) is 0. The summed E-state index contributed by atoms with van der Waals surface area (Å²) in [5, 5.41) is 5.71. The average molecular weight is 189 g/mol. The van der Waals surface area contributed by atoms with Crippen LogP contribution >= 0.6 is 11.6 Å². The van der Waals surface area contributed by atoms with E-state index in [1.54, 1.807) is 0 Å². The van der Waals surface area contributed by atoms with Crippen molar-refractivity contribution in [1.82, 2.24) is 10.2 Å². The maximum absolute atomic E-state index is 10.1. The van der Waals surface area contributed by atoms with Crippen LogP contribution in [0.25, 0.3) is 0 Å². The number of nitrogens with one attached hydrogen (secondary N) is 1. The minimum atomic E-state index is -2.29. The average Bonchev–Trinajstić information content (AvgIpc) is 2.13. The van der Waals surface area contributed by atoms with Crippen LogP contribution < -0.4 is 29.6 Å². The summed E-state index contributed by atoms with van der Waals surface area (Å²) >= 11 is 3.04. The predicted molar refractivity (Wildman–Crippen MR) is 30.8 cm³/mol. The van der Waals surface area contributed by atoms with Gasteiger partial charge < -0.3 is 4.55 Å². The van der Waals surface area contributed by atoms with Crippen molar-refractivity contribution in [1.29, 1.82) is 0 Å². The van der Waals surface area contributed by atoms with Gasteiger partial charge in [0.1, 0.15) is 5.15 Å². The number of H-pyrrole nitrogens is 1. The van der Waals surface area contributed by atoms with Gasteiger partial charge in [-0.2, -0.15) is 5.10 Å². The molecule has 1 atom stereocenters. The second-order valence-corrected chi connectivity index (χ2v) is 2.57. The van der Waals surface area contributed by atoms with Crippen molar-refractivity contribution in [2.45, 2.75) is 4.90 Å². The van der Waals surface area contributed by atoms with Gasteiger partial charge in [0.25, 0.3) is 0 Å². The van der Waals surface area contributed by atoms with E-state index in [0.29, 0.717) is 0 Å². The van der Waals surface area contributed by atoms with Crippen LogP contribution in [0.15, 0.2) is 11.1 Å². The van der Waals surface area contributed by atoms with Gasteiger partial charge in [-0.25, -0.2) is 0 Å². The van der Waals surface area contributed by atoms with Crippen molar-refractivity contribution in [2.75, 3.05) is 0 Å². The second-order valence-electron chi connectivity index (χ2n) is 1.28. The molecule has 1 aromatic rings. The maximum atomic E-state index is 10.1. The van der Waals surface area contributed by atoms with Crippen LogP contribution in [0.3, 0.4) is 0 Å². The molecule has 0 bridgehead atoms. The molecule has 0 aliphatic rings. The van der Waals surface area contributed by atoms with Gasteiger partial charge in [0.2, 0.25) is 0 Å². The minimum Gasteiger partial charge on any atom is -0.768 e. The SMILES string of the molecule is O=S([O-])c1cn[nH]c1Cl.[Na+]. The fourth-order valence-corrected chi connectivity index (χ4v) is 0.993. The number of nitrogens with zero attached hydrogens (tertiary/aromatic N) is 1. The third-order valence-electron chi connectivity index (χ3n) is 0.740. The Hall–Kier alpha value is 0.610. The van der Waals surface area contributed by atoms with E-state index < -0.39 is 11.1 Å². The molecule has 0 aromatic carbocycles. The van der Waals surface area contributed by atoms with Crippen LogP contribution in [-0.2, 0) is 11.1 Å². The molecular formula is C3H2ClN2NaO2S. The van der Waals surface area contributed by atoms with E-state index in [1.807, 2.05) is 0 Å². The van der Waals surface area contributed by atoms with E-state index in [1.165, 1.54) is 0 Å². The summed E-state index contributed by atoms with van der Waals surface area (Å²) < 4.78 is 20.3. The van der Waals surface area contributed by atoms with Gasteiger partial charge in [-0.1, -0.05) is 11.6 Å². The number of hydrogen-bond donors (Lipinski definition) is 1. The first-order valence-corrected chi connectivity index (χ1v) is 3.45. The molecule has 1 unspecified atom stereocenters. The first-order valence-electron chi connectivity index (χ1n) is 2.00. The first-order chi connectivity index (χ1) is 4.22. The molecule has 0 saturated heterocycles. The van der Waals surface area contributed by atoms with Crippen LogP contribution in [0.4, 0.5) is 0 Å². The van der Waals surface area contributed by atoms with Crippen LogP contribution in [0.5, 0.6) is 0 Å². The molecule has 0 aliphatic carbocycles. The van der Waals surface area contributed by atoms with Crippen molar-refractivity contribution in [3.8, 4) is 0 Å². The standard InChI is InChI=1S/C3H3ClN2O2S.Na/c4-3-2(9(7)8)1-5-6-3;/h1H,(H,5,6)(H,7,8);/q;+1/p-1. The molecule has 50 valence electrons. The van der Waals surface area contributed by atoms with Crippen molar-refractivity contribution in [2.24, 2.45) is 0 Å². The van der Waals surface area contributed by atoms with Crippen molar-refractivity contribution < 1.29 is 38.3 Å². The minimum absolute atomic E-state index is 0. The van der Waals surface area contributed by atoms with E-state index in [2.05, 4.69) is 10.2 Å². The summed E-state index contributed by atoms with van der Waals surface area (Å²) in [6.07, 6.45) is 1.14. The topological polar surface area (TPSA) is 68.8 Å². The number of hydrogen-bond acceptors (Lipinski definition) is 3. The fourth-order valence-electron chi connectivity index (χ4n) is 0.376. The zero-order chi connectivity index (χ0) is 6.85. The van der Waals surface area contributed by atoms with Gasteiger partial charge in [-0.15, -0.1) is 0 Å². The van der Waals surface area contributed by atoms with Gasteiger partial charge >= 0.3 is 29.6 Å². The van der Waals surface area contributed by atoms with E-state index in [0.717, 1.165) is 6.20 Å². The molecule has 1 rings (SSSR count). The van der Waals surface area contributed by atoms with Crippen molar-refractivity contribution in [3.63, 3.8) is 0 Å². The van der Waals surface area contributed by atoms with E-state index in [9.17, 15) is 8.76 Å². The molecule has 1 heterocycles. The molecule has 10 heavy (non-hydrogen) atoms. The quantitative estimate of drug-likeness (QED) is 0.385. The Kier molecular flexibility index (Phi) is 4.75. The summed E-state index contributed by atoms with van der Waals surface area (Å²) in [7, 11) is 0. The first kappa shape index (κ1) is 10.6. The zero-order valence-electron chi connectivity index (χ0n) is 5.13. The van der Waals surface area contributed by atoms with Gasteiger partial charge in [0.05, 0.1) is 11.1 Å². The Morgan fingerprint density at radius 3 is 2.60 bits per heavy atom. The monoisotopic (exact) mass is 188 g/mol. The second kappa shape index (κ2) is 4.48. The van der Waals surface area contributed by atoms with Gasteiger partial charge in [0.15, 0.2) is 0 Å². The van der Waals surface area contributed by atoms with Gasteiger partial charge in [0, 0.05) is 0 Å². The Balaban J connectivity index is 0.000000810. The van der Waals surface area contributed by atoms with Crippen LogP contribution in [0, 0.1) is 0 Å². The van der Waals surface area contributed by atoms with Crippen molar-refractivity contribution >= 4 is 22.7 Å². The molecule has 0 saturated carbocycles. The number of aromatic amines is 1. The smallest absolute Gasteiger partial charge is 0.768 e. The van der Waals surface area contributed by atoms with Gasteiger partial charge in [-0.05, 0) is 11.1 Å². The largest absolute Gasteiger partial charge is 1.00 e. The molecule has 0 aliphatic heterocycles. The zero-order valence-corrected chi connectivity index (χ0v) is 8.70. The third-order valence-corrected chi connectivity index (χ3v) is 1.81. The van der Waals surface area contributed by atoms with Crippen LogP contribution in [0.1, 0.15) is 0 Å². The molecule has 0 fully saturated rings. The van der Waals surface area contributed by atoms with Crippen molar-refractivity contribution in [3.05, 3.63) is 11.3 Å². The number of halogens is 1. The molecule has 4 nitrogen and oxygen atoms in total. The van der Waals surface area contributed by atoms with Gasteiger partial charge in [-0.3, -0.25) is 9.31 Å². The number of rotatable bonds is 1. The molecule has 1 aromatic heterocycles. The molecule has 0 spiro atoms. The van der Waals surface area contributed by atoms with Crippen LogP contribution in [0.2, 0.25) is 5.15 Å². The third kappa shape index (κ3) is 2.34. The summed E-state index contributed by atoms with van der Waals surface area (Å²) in [6, 6.07) is 0. The normalized spacial score (nSPS) is 12.2. The van der Waals surface area contributed by atoms with E-state index in [-0.39, 0.29) is 39.6 Å². The molecule has 7 heteroatoms. The Bertz CT molecular complexity index is 240. The fraction of sp³-hybridized carbons (Fsp3) is 0. The molecule has 0 amide bonds. The molecule has 1 N–H and O–H groups in total. The Morgan fingerprint density at radius 1 is 1.80 bits per heavy atom. The summed E-state index contributed by atoms with van der Waals surface area (Å²) in [4.78, 5) is -0.00309. The van der Waals surface area contributed by atoms with E-state index in [4.69, 9.17) is 11.6 Å². The Morgan fingerprint density at radius 2 is 2.40 bits per heavy atom. The Labute approximate surface area is 86.9 Å². The summed E-state index contributed by atoms with van der Waals surface area (Å²) in [5.41, 5.74) is 0. The predicted octanol–water partition coefficient (Wildman–Crippen LogP) is -2.69. The van der Waals surface area contributed by atoms with Crippen LogP contribution in [-0.4, -0.2) is 19.0 Å². The van der Waals surface area contributed by atoms with E-state index >= 15 is 0 Å².